The summed E-state index contributed by atoms with van der Waals surface area (Å²) in [5, 5.41) is 15.2. The summed E-state index contributed by atoms with van der Waals surface area (Å²) in [6, 6.07) is 7.64. The average Bonchev–Trinajstić information content (AvgIpc) is 2.46. The second kappa shape index (κ2) is 6.52. The third-order valence-corrected chi connectivity index (χ3v) is 3.38. The van der Waals surface area contributed by atoms with Crippen molar-refractivity contribution < 1.29 is 9.90 Å². The van der Waals surface area contributed by atoms with Crippen LogP contribution in [0.2, 0.25) is 0 Å². The van der Waals surface area contributed by atoms with E-state index < -0.39 is 0 Å². The molecule has 1 fully saturated rings. The van der Waals surface area contributed by atoms with Crippen LogP contribution in [-0.4, -0.2) is 24.1 Å². The van der Waals surface area contributed by atoms with Crippen molar-refractivity contribution in [2.75, 3.05) is 13.1 Å². The lowest BCUT2D eigenvalue weighted by Gasteiger charge is -2.21. The Bertz CT molecular complexity index is 383. The van der Waals surface area contributed by atoms with Crippen molar-refractivity contribution >= 4 is 5.91 Å². The molecule has 0 saturated carbocycles. The van der Waals surface area contributed by atoms with Crippen LogP contribution in [0.15, 0.2) is 24.3 Å². The fourth-order valence-electron chi connectivity index (χ4n) is 2.18. The van der Waals surface area contributed by atoms with Crippen LogP contribution in [0, 0.1) is 5.92 Å². The number of aliphatic hydroxyl groups excluding tert-OH is 1. The maximum absolute atomic E-state index is 11.9. The molecule has 0 radical (unpaired) electrons. The van der Waals surface area contributed by atoms with Crippen LogP contribution in [0.4, 0.5) is 0 Å². The highest BCUT2D eigenvalue weighted by atomic mass is 16.3. The topological polar surface area (TPSA) is 61.4 Å². The van der Waals surface area contributed by atoms with Crippen LogP contribution in [0.1, 0.15) is 24.0 Å². The minimum atomic E-state index is 0.0573. The van der Waals surface area contributed by atoms with Gasteiger partial charge in [0, 0.05) is 12.5 Å². The smallest absolute Gasteiger partial charge is 0.223 e. The summed E-state index contributed by atoms with van der Waals surface area (Å²) in [5.74, 6) is 0.311. The minimum Gasteiger partial charge on any atom is -0.392 e. The summed E-state index contributed by atoms with van der Waals surface area (Å²) in [6.45, 7) is 2.49. The first-order valence-electron chi connectivity index (χ1n) is 6.46. The van der Waals surface area contributed by atoms with E-state index in [9.17, 15) is 4.79 Å². The number of amides is 1. The van der Waals surface area contributed by atoms with Gasteiger partial charge in [-0.2, -0.15) is 0 Å². The molecule has 1 aliphatic rings. The van der Waals surface area contributed by atoms with Crippen molar-refractivity contribution in [1.29, 1.82) is 0 Å². The Kier molecular flexibility index (Phi) is 4.73. The van der Waals surface area contributed by atoms with Gasteiger partial charge in [-0.15, -0.1) is 0 Å². The molecule has 4 nitrogen and oxygen atoms in total. The van der Waals surface area contributed by atoms with Crippen molar-refractivity contribution in [2.45, 2.75) is 26.0 Å². The Labute approximate surface area is 107 Å². The summed E-state index contributed by atoms with van der Waals surface area (Å²) in [4.78, 5) is 11.9. The highest BCUT2D eigenvalue weighted by Gasteiger charge is 2.20. The number of hydrogen-bond donors (Lipinski definition) is 3. The average molecular weight is 248 g/mol. The van der Waals surface area contributed by atoms with Crippen LogP contribution in [0.5, 0.6) is 0 Å². The Morgan fingerprint density at radius 3 is 2.44 bits per heavy atom. The molecule has 0 spiro atoms. The Hall–Kier alpha value is -1.39. The predicted octanol–water partition coefficient (Wildman–Crippen LogP) is 0.795. The normalized spacial score (nSPS) is 16.5. The molecule has 1 heterocycles. The van der Waals surface area contributed by atoms with Gasteiger partial charge in [-0.25, -0.2) is 0 Å². The number of rotatable bonds is 4. The van der Waals surface area contributed by atoms with Gasteiger partial charge < -0.3 is 15.7 Å². The Morgan fingerprint density at radius 2 is 1.83 bits per heavy atom. The zero-order valence-corrected chi connectivity index (χ0v) is 10.5. The summed E-state index contributed by atoms with van der Waals surface area (Å²) >= 11 is 0. The highest BCUT2D eigenvalue weighted by Crippen LogP contribution is 2.12. The molecule has 1 aromatic rings. The van der Waals surface area contributed by atoms with Gasteiger partial charge in [-0.3, -0.25) is 4.79 Å². The van der Waals surface area contributed by atoms with Crippen molar-refractivity contribution in [3.05, 3.63) is 35.4 Å². The van der Waals surface area contributed by atoms with Gasteiger partial charge in [0.1, 0.15) is 0 Å². The lowest BCUT2D eigenvalue weighted by atomic mass is 9.97. The van der Waals surface area contributed by atoms with E-state index in [-0.39, 0.29) is 18.4 Å². The Balaban J connectivity index is 1.80. The molecular weight excluding hydrogens is 228 g/mol. The van der Waals surface area contributed by atoms with Gasteiger partial charge in [-0.05, 0) is 37.1 Å². The largest absolute Gasteiger partial charge is 0.392 e. The quantitative estimate of drug-likeness (QED) is 0.738. The predicted molar refractivity (Wildman–Crippen MR) is 69.8 cm³/mol. The van der Waals surface area contributed by atoms with Crippen molar-refractivity contribution in [1.82, 2.24) is 10.6 Å². The first-order chi connectivity index (χ1) is 8.79. The molecule has 2 rings (SSSR count). The molecule has 18 heavy (non-hydrogen) atoms. The number of carbonyl (C=O) groups excluding carboxylic acids is 1. The van der Waals surface area contributed by atoms with E-state index in [2.05, 4.69) is 10.6 Å². The Morgan fingerprint density at radius 1 is 1.22 bits per heavy atom. The fraction of sp³-hybridized carbons (Fsp3) is 0.500. The van der Waals surface area contributed by atoms with Gasteiger partial charge in [-0.1, -0.05) is 24.3 Å². The molecule has 3 N–H and O–H groups in total. The van der Waals surface area contributed by atoms with E-state index in [1.54, 1.807) is 0 Å². The molecule has 4 heteroatoms. The third kappa shape index (κ3) is 3.55. The van der Waals surface area contributed by atoms with E-state index in [0.717, 1.165) is 37.1 Å². The summed E-state index contributed by atoms with van der Waals surface area (Å²) in [6.07, 6.45) is 1.85. The van der Waals surface area contributed by atoms with E-state index >= 15 is 0 Å². The van der Waals surface area contributed by atoms with Crippen LogP contribution in [0.3, 0.4) is 0 Å². The lowest BCUT2D eigenvalue weighted by molar-refractivity contribution is -0.125. The first-order valence-corrected chi connectivity index (χ1v) is 6.46. The summed E-state index contributed by atoms with van der Waals surface area (Å²) < 4.78 is 0. The third-order valence-electron chi connectivity index (χ3n) is 3.38. The number of nitrogens with one attached hydrogen (secondary N) is 2. The maximum atomic E-state index is 11.9. The van der Waals surface area contributed by atoms with Gasteiger partial charge in [0.2, 0.25) is 5.91 Å². The van der Waals surface area contributed by atoms with E-state index in [1.807, 2.05) is 24.3 Å². The molecule has 0 aliphatic carbocycles. The SMILES string of the molecule is O=C(NCc1ccc(CO)cc1)C1CCNCC1. The van der Waals surface area contributed by atoms with Gasteiger partial charge >= 0.3 is 0 Å². The summed E-state index contributed by atoms with van der Waals surface area (Å²) in [5.41, 5.74) is 1.96. The van der Waals surface area contributed by atoms with Gasteiger partial charge in [0.25, 0.3) is 0 Å². The van der Waals surface area contributed by atoms with Crippen molar-refractivity contribution in [3.8, 4) is 0 Å². The zero-order chi connectivity index (χ0) is 12.8. The molecule has 0 unspecified atom stereocenters. The molecule has 0 atom stereocenters. The van der Waals surface area contributed by atoms with Crippen LogP contribution >= 0.6 is 0 Å². The molecular formula is C14H20N2O2. The number of carbonyl (C=O) groups is 1. The van der Waals surface area contributed by atoms with Crippen LogP contribution < -0.4 is 10.6 Å². The monoisotopic (exact) mass is 248 g/mol. The van der Waals surface area contributed by atoms with Gasteiger partial charge in [0.05, 0.1) is 6.61 Å². The molecule has 0 bridgehead atoms. The molecule has 1 saturated heterocycles. The van der Waals surface area contributed by atoms with Crippen LogP contribution in [0.25, 0.3) is 0 Å². The maximum Gasteiger partial charge on any atom is 0.223 e. The number of aliphatic hydroxyl groups is 1. The minimum absolute atomic E-state index is 0.0573. The van der Waals surface area contributed by atoms with Gasteiger partial charge in [0.15, 0.2) is 0 Å². The second-order valence-corrected chi connectivity index (χ2v) is 4.72. The van der Waals surface area contributed by atoms with Crippen molar-refractivity contribution in [2.24, 2.45) is 5.92 Å². The van der Waals surface area contributed by atoms with E-state index in [4.69, 9.17) is 5.11 Å². The molecule has 1 aromatic carbocycles. The molecule has 0 aromatic heterocycles. The number of hydrogen-bond acceptors (Lipinski definition) is 3. The lowest BCUT2D eigenvalue weighted by Crippen LogP contribution is -2.37. The molecule has 1 aliphatic heterocycles. The molecule has 1 amide bonds. The molecule has 98 valence electrons. The van der Waals surface area contributed by atoms with E-state index in [0.29, 0.717) is 6.54 Å². The van der Waals surface area contributed by atoms with Crippen molar-refractivity contribution in [3.63, 3.8) is 0 Å². The number of piperidine rings is 1. The zero-order valence-electron chi connectivity index (χ0n) is 10.5. The number of benzene rings is 1. The first kappa shape index (κ1) is 13.1. The highest BCUT2D eigenvalue weighted by molar-refractivity contribution is 5.78. The fourth-order valence-corrected chi connectivity index (χ4v) is 2.18. The second-order valence-electron chi connectivity index (χ2n) is 4.72. The van der Waals surface area contributed by atoms with Crippen LogP contribution in [-0.2, 0) is 17.9 Å². The summed E-state index contributed by atoms with van der Waals surface area (Å²) in [7, 11) is 0. The standard InChI is InChI=1S/C14H20N2O2/c17-10-12-3-1-11(2-4-12)9-16-14(18)13-5-7-15-8-6-13/h1-4,13,15,17H,5-10H2,(H,16,18). The van der Waals surface area contributed by atoms with E-state index in [1.165, 1.54) is 0 Å².